The molecule has 1 aromatic rings. The number of hydrogen-bond donors (Lipinski definition) is 1. The Morgan fingerprint density at radius 3 is 3.00 bits per heavy atom. The maximum Gasteiger partial charge on any atom is 0.320 e. The summed E-state index contributed by atoms with van der Waals surface area (Å²) >= 11 is 0. The summed E-state index contributed by atoms with van der Waals surface area (Å²) < 4.78 is 5.29. The molecule has 1 aliphatic rings. The predicted octanol–water partition coefficient (Wildman–Crippen LogP) is 2.65. The van der Waals surface area contributed by atoms with E-state index in [-0.39, 0.29) is 6.04 Å². The smallest absolute Gasteiger partial charge is 0.320 e. The lowest BCUT2D eigenvalue weighted by Crippen LogP contribution is -2.44. The summed E-state index contributed by atoms with van der Waals surface area (Å²) in [4.78, 5) is 13.2. The summed E-state index contributed by atoms with van der Waals surface area (Å²) in [5.41, 5.74) is 1.01. The number of hydrogen-bond acceptors (Lipinski definition) is 3. The van der Waals surface area contributed by atoms with Gasteiger partial charge in [0, 0.05) is 12.1 Å². The molecule has 1 aliphatic heterocycles. The molecule has 2 rings (SSSR count). The van der Waals surface area contributed by atoms with E-state index in [0.29, 0.717) is 6.54 Å². The first-order valence-corrected chi connectivity index (χ1v) is 6.99. The maximum atomic E-state index is 11.2. The number of methoxy groups -OCH3 is 1. The molecule has 1 heterocycles. The molecular formula is C16H21NO3. The van der Waals surface area contributed by atoms with E-state index in [1.54, 1.807) is 7.11 Å². The average molecular weight is 275 g/mol. The van der Waals surface area contributed by atoms with Gasteiger partial charge in [0.25, 0.3) is 0 Å². The van der Waals surface area contributed by atoms with E-state index < -0.39 is 5.97 Å². The third-order valence-electron chi connectivity index (χ3n) is 3.67. The molecular weight excluding hydrogens is 254 g/mol. The second-order valence-corrected chi connectivity index (χ2v) is 4.99. The van der Waals surface area contributed by atoms with Crippen molar-refractivity contribution in [2.75, 3.05) is 20.2 Å². The Balaban J connectivity index is 1.99. The molecule has 20 heavy (non-hydrogen) atoms. The fourth-order valence-corrected chi connectivity index (χ4v) is 2.61. The highest BCUT2D eigenvalue weighted by atomic mass is 16.5. The van der Waals surface area contributed by atoms with Crippen LogP contribution in [-0.4, -0.2) is 42.2 Å². The molecule has 1 N–H and O–H groups in total. The fraction of sp³-hybridized carbons (Fsp3) is 0.438. The third kappa shape index (κ3) is 3.61. The molecule has 4 nitrogen and oxygen atoms in total. The van der Waals surface area contributed by atoms with Gasteiger partial charge in [-0.25, -0.2) is 0 Å². The van der Waals surface area contributed by atoms with Gasteiger partial charge in [-0.3, -0.25) is 9.69 Å². The lowest BCUT2D eigenvalue weighted by atomic mass is 10.0. The first-order valence-electron chi connectivity index (χ1n) is 6.99. The van der Waals surface area contributed by atoms with E-state index in [2.05, 4.69) is 0 Å². The SMILES string of the molecule is COc1ccccc1C=CCN1CCCCC1C(=O)O. The van der Waals surface area contributed by atoms with Crippen molar-refractivity contribution in [2.24, 2.45) is 0 Å². The van der Waals surface area contributed by atoms with Crippen molar-refractivity contribution in [2.45, 2.75) is 25.3 Å². The van der Waals surface area contributed by atoms with Crippen molar-refractivity contribution >= 4 is 12.0 Å². The highest BCUT2D eigenvalue weighted by Crippen LogP contribution is 2.20. The van der Waals surface area contributed by atoms with Gasteiger partial charge in [-0.2, -0.15) is 0 Å². The molecule has 1 saturated heterocycles. The van der Waals surface area contributed by atoms with Crippen LogP contribution in [0, 0.1) is 0 Å². The van der Waals surface area contributed by atoms with Crippen molar-refractivity contribution in [3.63, 3.8) is 0 Å². The number of para-hydroxylation sites is 1. The molecule has 0 amide bonds. The van der Waals surface area contributed by atoms with E-state index in [4.69, 9.17) is 4.74 Å². The van der Waals surface area contributed by atoms with Gasteiger partial charge in [0.2, 0.25) is 0 Å². The molecule has 0 bridgehead atoms. The molecule has 0 radical (unpaired) electrons. The van der Waals surface area contributed by atoms with Crippen LogP contribution in [0.4, 0.5) is 0 Å². The lowest BCUT2D eigenvalue weighted by molar-refractivity contribution is -0.144. The van der Waals surface area contributed by atoms with Crippen molar-refractivity contribution in [1.82, 2.24) is 4.90 Å². The van der Waals surface area contributed by atoms with Gasteiger partial charge >= 0.3 is 5.97 Å². The van der Waals surface area contributed by atoms with Crippen LogP contribution in [0.2, 0.25) is 0 Å². The Labute approximate surface area is 119 Å². The Kier molecular flexibility index (Phi) is 5.18. The molecule has 0 aromatic heterocycles. The van der Waals surface area contributed by atoms with E-state index in [0.717, 1.165) is 37.1 Å². The number of ether oxygens (including phenoxy) is 1. The monoisotopic (exact) mass is 275 g/mol. The molecule has 0 aliphatic carbocycles. The van der Waals surface area contributed by atoms with Gasteiger partial charge < -0.3 is 9.84 Å². The van der Waals surface area contributed by atoms with Gasteiger partial charge in [0.1, 0.15) is 11.8 Å². The highest BCUT2D eigenvalue weighted by Gasteiger charge is 2.27. The van der Waals surface area contributed by atoms with E-state index >= 15 is 0 Å². The number of nitrogens with zero attached hydrogens (tertiary/aromatic N) is 1. The Morgan fingerprint density at radius 1 is 1.45 bits per heavy atom. The number of piperidine rings is 1. The summed E-state index contributed by atoms with van der Waals surface area (Å²) in [6.45, 7) is 1.52. The molecule has 108 valence electrons. The molecule has 0 saturated carbocycles. The second-order valence-electron chi connectivity index (χ2n) is 4.99. The van der Waals surface area contributed by atoms with E-state index in [9.17, 15) is 9.90 Å². The maximum absolute atomic E-state index is 11.2. The minimum absolute atomic E-state index is 0.342. The first-order chi connectivity index (χ1) is 9.72. The minimum Gasteiger partial charge on any atom is -0.496 e. The van der Waals surface area contributed by atoms with Crippen LogP contribution < -0.4 is 4.74 Å². The molecule has 1 fully saturated rings. The normalized spacial score (nSPS) is 20.1. The average Bonchev–Trinajstić information content (AvgIpc) is 2.48. The third-order valence-corrected chi connectivity index (χ3v) is 3.67. The highest BCUT2D eigenvalue weighted by molar-refractivity contribution is 5.73. The topological polar surface area (TPSA) is 49.8 Å². The number of benzene rings is 1. The quantitative estimate of drug-likeness (QED) is 0.897. The predicted molar refractivity (Wildman–Crippen MR) is 78.9 cm³/mol. The number of likely N-dealkylation sites (tertiary alicyclic amines) is 1. The lowest BCUT2D eigenvalue weighted by Gasteiger charge is -2.31. The minimum atomic E-state index is -0.713. The van der Waals surface area contributed by atoms with Gasteiger partial charge in [-0.1, -0.05) is 36.8 Å². The van der Waals surface area contributed by atoms with E-state index in [1.165, 1.54) is 0 Å². The van der Waals surface area contributed by atoms with Crippen molar-refractivity contribution in [1.29, 1.82) is 0 Å². The Bertz CT molecular complexity index is 484. The second kappa shape index (κ2) is 7.10. The van der Waals surface area contributed by atoms with Crippen molar-refractivity contribution < 1.29 is 14.6 Å². The van der Waals surface area contributed by atoms with Gasteiger partial charge in [-0.05, 0) is 25.5 Å². The molecule has 1 atom stereocenters. The van der Waals surface area contributed by atoms with Crippen molar-refractivity contribution in [3.8, 4) is 5.75 Å². The van der Waals surface area contributed by atoms with Gasteiger partial charge in [0.15, 0.2) is 0 Å². The Morgan fingerprint density at radius 2 is 2.25 bits per heavy atom. The first kappa shape index (κ1) is 14.6. The van der Waals surface area contributed by atoms with E-state index in [1.807, 2.05) is 41.3 Å². The van der Waals surface area contributed by atoms with Gasteiger partial charge in [-0.15, -0.1) is 0 Å². The van der Waals surface area contributed by atoms with Crippen LogP contribution in [-0.2, 0) is 4.79 Å². The summed E-state index contributed by atoms with van der Waals surface area (Å²) in [5, 5.41) is 9.22. The standard InChI is InChI=1S/C16H21NO3/c1-20-15-10-3-2-7-13(15)8-6-12-17-11-5-4-9-14(17)16(18)19/h2-3,6-8,10,14H,4-5,9,11-12H2,1H3,(H,18,19). The van der Waals surface area contributed by atoms with Crippen LogP contribution in [0.3, 0.4) is 0 Å². The number of carbonyl (C=O) groups is 1. The van der Waals surface area contributed by atoms with Crippen molar-refractivity contribution in [3.05, 3.63) is 35.9 Å². The molecule has 1 unspecified atom stereocenters. The molecule has 0 spiro atoms. The zero-order valence-electron chi connectivity index (χ0n) is 11.8. The summed E-state index contributed by atoms with van der Waals surface area (Å²) in [6, 6.07) is 7.46. The zero-order chi connectivity index (χ0) is 14.4. The fourth-order valence-electron chi connectivity index (χ4n) is 2.61. The zero-order valence-corrected chi connectivity index (χ0v) is 11.8. The summed E-state index contributed by atoms with van der Waals surface area (Å²) in [6.07, 6.45) is 6.83. The largest absolute Gasteiger partial charge is 0.496 e. The number of carboxylic acid groups (broad SMARTS) is 1. The van der Waals surface area contributed by atoms with Crippen LogP contribution in [0.25, 0.3) is 6.08 Å². The molecule has 1 aromatic carbocycles. The number of aliphatic carboxylic acids is 1. The number of rotatable bonds is 5. The Hall–Kier alpha value is -1.81. The molecule has 4 heteroatoms. The van der Waals surface area contributed by atoms with Crippen LogP contribution in [0.5, 0.6) is 5.75 Å². The van der Waals surface area contributed by atoms with Gasteiger partial charge in [0.05, 0.1) is 7.11 Å². The summed E-state index contributed by atoms with van der Waals surface area (Å²) in [5.74, 6) is 0.118. The van der Waals surface area contributed by atoms with Crippen LogP contribution in [0.1, 0.15) is 24.8 Å². The number of carboxylic acids is 1. The van der Waals surface area contributed by atoms with Crippen LogP contribution in [0.15, 0.2) is 30.3 Å². The van der Waals surface area contributed by atoms with Crippen LogP contribution >= 0.6 is 0 Å². The summed E-state index contributed by atoms with van der Waals surface area (Å²) in [7, 11) is 1.65.